The summed E-state index contributed by atoms with van der Waals surface area (Å²) in [6.45, 7) is 4.18. The Morgan fingerprint density at radius 2 is 1.70 bits per heavy atom. The number of carbonyl (C=O) groups excluding carboxylic acids is 2. The monoisotopic (exact) mass is 393 g/mol. The summed E-state index contributed by atoms with van der Waals surface area (Å²) in [6.07, 6.45) is 1.37. The van der Waals surface area contributed by atoms with Crippen molar-refractivity contribution in [1.29, 1.82) is 0 Å². The number of urea groups is 1. The topological polar surface area (TPSA) is 62.3 Å². The maximum Gasteiger partial charge on any atom is 0.320 e. The molecule has 0 unspecified atom stereocenters. The minimum absolute atomic E-state index is 0.0178. The normalized spacial score (nSPS) is 22.1. The van der Waals surface area contributed by atoms with E-state index >= 15 is 0 Å². The molecule has 27 heavy (non-hydrogen) atoms. The summed E-state index contributed by atoms with van der Waals surface area (Å²) in [6, 6.07) is 7.40. The standard InChI is InChI=1S/C19H24ClN3O4/c20-16-4-2-1-3-15(16)13-22-9-10-23(18(22)25)14-17(24)21-7-5-19(6-8-21)26-11-12-27-19/h1-4H,5-14H2. The number of halogens is 1. The van der Waals surface area contributed by atoms with Crippen molar-refractivity contribution in [3.63, 3.8) is 0 Å². The van der Waals surface area contributed by atoms with E-state index in [2.05, 4.69) is 0 Å². The zero-order valence-electron chi connectivity index (χ0n) is 15.2. The number of amides is 3. The van der Waals surface area contributed by atoms with Crippen LogP contribution >= 0.6 is 11.6 Å². The van der Waals surface area contributed by atoms with E-state index in [9.17, 15) is 9.59 Å². The van der Waals surface area contributed by atoms with Crippen molar-refractivity contribution < 1.29 is 19.1 Å². The van der Waals surface area contributed by atoms with Crippen molar-refractivity contribution in [2.75, 3.05) is 45.9 Å². The highest BCUT2D eigenvalue weighted by Crippen LogP contribution is 2.31. The minimum atomic E-state index is -0.494. The predicted molar refractivity (Wildman–Crippen MR) is 99.3 cm³/mol. The maximum atomic E-state index is 12.6. The number of carbonyl (C=O) groups is 2. The summed E-state index contributed by atoms with van der Waals surface area (Å²) in [7, 11) is 0. The highest BCUT2D eigenvalue weighted by molar-refractivity contribution is 6.31. The van der Waals surface area contributed by atoms with Crippen molar-refractivity contribution in [2.24, 2.45) is 0 Å². The molecule has 0 aliphatic carbocycles. The molecule has 1 aromatic rings. The molecule has 146 valence electrons. The number of hydrogen-bond acceptors (Lipinski definition) is 4. The van der Waals surface area contributed by atoms with E-state index in [0.29, 0.717) is 63.8 Å². The van der Waals surface area contributed by atoms with Crippen LogP contribution in [0.4, 0.5) is 4.79 Å². The van der Waals surface area contributed by atoms with Crippen LogP contribution in [0, 0.1) is 0 Å². The molecule has 0 aromatic heterocycles. The summed E-state index contributed by atoms with van der Waals surface area (Å²) < 4.78 is 11.4. The lowest BCUT2D eigenvalue weighted by molar-refractivity contribution is -0.187. The first-order valence-corrected chi connectivity index (χ1v) is 9.77. The largest absolute Gasteiger partial charge is 0.347 e. The van der Waals surface area contributed by atoms with E-state index in [1.165, 1.54) is 0 Å². The molecule has 3 saturated heterocycles. The number of hydrogen-bond donors (Lipinski definition) is 0. The number of benzene rings is 1. The Kier molecular flexibility index (Phi) is 5.25. The SMILES string of the molecule is O=C(CN1CCN(Cc2ccccc2Cl)C1=O)N1CCC2(CC1)OCCO2. The maximum absolute atomic E-state index is 12.6. The van der Waals surface area contributed by atoms with E-state index in [1.54, 1.807) is 14.7 Å². The van der Waals surface area contributed by atoms with E-state index in [-0.39, 0.29) is 18.5 Å². The molecule has 3 aliphatic rings. The van der Waals surface area contributed by atoms with Crippen LogP contribution in [0.25, 0.3) is 0 Å². The minimum Gasteiger partial charge on any atom is -0.347 e. The molecule has 1 aromatic carbocycles. The molecule has 3 fully saturated rings. The summed E-state index contributed by atoms with van der Waals surface area (Å²) >= 11 is 6.19. The molecular weight excluding hydrogens is 370 g/mol. The van der Waals surface area contributed by atoms with Gasteiger partial charge in [-0.1, -0.05) is 29.8 Å². The van der Waals surface area contributed by atoms with Gasteiger partial charge < -0.3 is 24.2 Å². The second-order valence-electron chi connectivity index (χ2n) is 7.21. The van der Waals surface area contributed by atoms with Gasteiger partial charge in [-0.05, 0) is 11.6 Å². The van der Waals surface area contributed by atoms with Gasteiger partial charge >= 0.3 is 6.03 Å². The van der Waals surface area contributed by atoms with Crippen LogP contribution in [0.1, 0.15) is 18.4 Å². The van der Waals surface area contributed by atoms with E-state index < -0.39 is 5.79 Å². The Balaban J connectivity index is 1.29. The average Bonchev–Trinajstić information content (AvgIpc) is 3.26. The summed E-state index contributed by atoms with van der Waals surface area (Å²) in [5.41, 5.74) is 0.915. The first kappa shape index (κ1) is 18.5. The van der Waals surface area contributed by atoms with Crippen LogP contribution in [0.2, 0.25) is 5.02 Å². The predicted octanol–water partition coefficient (Wildman–Crippen LogP) is 1.94. The van der Waals surface area contributed by atoms with E-state index in [4.69, 9.17) is 21.1 Å². The van der Waals surface area contributed by atoms with Crippen LogP contribution in [0.15, 0.2) is 24.3 Å². The molecule has 0 N–H and O–H groups in total. The Bertz CT molecular complexity index is 713. The summed E-state index contributed by atoms with van der Waals surface area (Å²) in [5, 5.41) is 0.651. The van der Waals surface area contributed by atoms with Crippen LogP contribution in [0.5, 0.6) is 0 Å². The molecule has 1 spiro atoms. The van der Waals surface area contributed by atoms with E-state index in [0.717, 1.165) is 5.56 Å². The zero-order chi connectivity index (χ0) is 18.9. The van der Waals surface area contributed by atoms with Gasteiger partial charge in [0, 0.05) is 50.6 Å². The molecule has 3 amide bonds. The number of nitrogens with zero attached hydrogens (tertiary/aromatic N) is 3. The lowest BCUT2D eigenvalue weighted by Crippen LogP contribution is -2.50. The van der Waals surface area contributed by atoms with Crippen molar-refractivity contribution in [3.8, 4) is 0 Å². The smallest absolute Gasteiger partial charge is 0.320 e. The van der Waals surface area contributed by atoms with Crippen molar-refractivity contribution in [3.05, 3.63) is 34.9 Å². The van der Waals surface area contributed by atoms with Crippen LogP contribution < -0.4 is 0 Å². The number of piperidine rings is 1. The third-order valence-corrected chi connectivity index (χ3v) is 5.89. The van der Waals surface area contributed by atoms with Crippen LogP contribution in [0.3, 0.4) is 0 Å². The van der Waals surface area contributed by atoms with Gasteiger partial charge in [0.25, 0.3) is 0 Å². The third-order valence-electron chi connectivity index (χ3n) is 5.52. The first-order chi connectivity index (χ1) is 13.1. The fourth-order valence-electron chi connectivity index (χ4n) is 3.90. The highest BCUT2D eigenvalue weighted by atomic mass is 35.5. The molecular formula is C19H24ClN3O4. The molecule has 0 atom stereocenters. The van der Waals surface area contributed by atoms with Gasteiger partial charge in [-0.25, -0.2) is 4.79 Å². The average molecular weight is 394 g/mol. The highest BCUT2D eigenvalue weighted by Gasteiger charge is 2.41. The molecule has 0 bridgehead atoms. The van der Waals surface area contributed by atoms with Gasteiger partial charge in [0.05, 0.1) is 13.2 Å². The number of rotatable bonds is 4. The summed E-state index contributed by atoms with van der Waals surface area (Å²) in [5.74, 6) is -0.512. The molecule has 0 saturated carbocycles. The van der Waals surface area contributed by atoms with Crippen LogP contribution in [-0.2, 0) is 20.8 Å². The van der Waals surface area contributed by atoms with Gasteiger partial charge in [-0.3, -0.25) is 4.79 Å². The van der Waals surface area contributed by atoms with Gasteiger partial charge in [0.2, 0.25) is 5.91 Å². The molecule has 3 heterocycles. The summed E-state index contributed by atoms with van der Waals surface area (Å²) in [4.78, 5) is 30.4. The molecule has 3 aliphatic heterocycles. The van der Waals surface area contributed by atoms with Gasteiger partial charge in [0.1, 0.15) is 6.54 Å². The lowest BCUT2D eigenvalue weighted by Gasteiger charge is -2.38. The fraction of sp³-hybridized carbons (Fsp3) is 0.579. The van der Waals surface area contributed by atoms with Gasteiger partial charge in [-0.2, -0.15) is 0 Å². The lowest BCUT2D eigenvalue weighted by atomic mass is 10.0. The Labute approximate surface area is 163 Å². The van der Waals surface area contributed by atoms with Crippen molar-refractivity contribution >= 4 is 23.5 Å². The fourth-order valence-corrected chi connectivity index (χ4v) is 4.10. The Morgan fingerprint density at radius 1 is 1.04 bits per heavy atom. The third kappa shape index (κ3) is 3.90. The molecule has 8 heteroatoms. The first-order valence-electron chi connectivity index (χ1n) is 9.39. The van der Waals surface area contributed by atoms with Crippen molar-refractivity contribution in [2.45, 2.75) is 25.2 Å². The quantitative estimate of drug-likeness (QED) is 0.784. The molecule has 4 rings (SSSR count). The zero-order valence-corrected chi connectivity index (χ0v) is 16.0. The second-order valence-corrected chi connectivity index (χ2v) is 7.61. The second kappa shape index (κ2) is 7.66. The Hall–Kier alpha value is -1.83. The number of ether oxygens (including phenoxy) is 2. The number of likely N-dealkylation sites (tertiary alicyclic amines) is 1. The van der Waals surface area contributed by atoms with Gasteiger partial charge in [-0.15, -0.1) is 0 Å². The van der Waals surface area contributed by atoms with Crippen molar-refractivity contribution in [1.82, 2.24) is 14.7 Å². The molecule has 7 nitrogen and oxygen atoms in total. The van der Waals surface area contributed by atoms with Crippen LogP contribution in [-0.4, -0.2) is 78.4 Å². The van der Waals surface area contributed by atoms with E-state index in [1.807, 2.05) is 24.3 Å². The molecule has 0 radical (unpaired) electrons. The Morgan fingerprint density at radius 3 is 2.41 bits per heavy atom. The van der Waals surface area contributed by atoms with Gasteiger partial charge in [0.15, 0.2) is 5.79 Å².